The van der Waals surface area contributed by atoms with E-state index >= 15 is 0 Å². The van der Waals surface area contributed by atoms with E-state index in [1.54, 1.807) is 12.0 Å². The molecule has 1 fully saturated rings. The lowest BCUT2D eigenvalue weighted by Crippen LogP contribution is -2.65. The summed E-state index contributed by atoms with van der Waals surface area (Å²) in [5.41, 5.74) is 0.705. The number of fused-ring (bicyclic) bond motifs is 3. The van der Waals surface area contributed by atoms with E-state index in [0.717, 1.165) is 42.6 Å². The van der Waals surface area contributed by atoms with Crippen LogP contribution in [-0.4, -0.2) is 58.1 Å². The lowest BCUT2D eigenvalue weighted by atomic mass is 9.86. The van der Waals surface area contributed by atoms with Gasteiger partial charge in [-0.2, -0.15) is 0 Å². The van der Waals surface area contributed by atoms with Crippen molar-refractivity contribution >= 4 is 22.8 Å². The van der Waals surface area contributed by atoms with Crippen LogP contribution in [0, 0.1) is 5.92 Å². The molecule has 2 heterocycles. The third-order valence-electron chi connectivity index (χ3n) is 6.72. The summed E-state index contributed by atoms with van der Waals surface area (Å²) in [7, 11) is 1.65. The van der Waals surface area contributed by atoms with Crippen LogP contribution in [-0.2, 0) is 16.1 Å². The Balaban J connectivity index is 1.65. The van der Waals surface area contributed by atoms with Crippen LogP contribution in [0.25, 0.3) is 11.0 Å². The average molecular weight is 413 g/mol. The van der Waals surface area contributed by atoms with Crippen LogP contribution < -0.4 is 5.32 Å². The van der Waals surface area contributed by atoms with Gasteiger partial charge in [-0.05, 0) is 57.1 Å². The smallest absolute Gasteiger partial charge is 0.290 e. The quantitative estimate of drug-likeness (QED) is 0.740. The molecule has 0 saturated heterocycles. The maximum absolute atomic E-state index is 13.6. The van der Waals surface area contributed by atoms with Crippen LogP contribution in [0.3, 0.4) is 0 Å². The predicted octanol–water partition coefficient (Wildman–Crippen LogP) is 2.98. The molecule has 2 amide bonds. The van der Waals surface area contributed by atoms with E-state index < -0.39 is 5.54 Å². The van der Waals surface area contributed by atoms with E-state index in [9.17, 15) is 9.59 Å². The lowest BCUT2D eigenvalue weighted by Gasteiger charge is -2.44. The van der Waals surface area contributed by atoms with Gasteiger partial charge in [-0.25, -0.2) is 4.98 Å². The molecule has 0 radical (unpaired) electrons. The molecule has 2 aromatic rings. The number of para-hydroxylation sites is 2. The fourth-order valence-corrected chi connectivity index (χ4v) is 4.79. The summed E-state index contributed by atoms with van der Waals surface area (Å²) in [5, 5.41) is 3.26. The minimum absolute atomic E-state index is 0.0729. The molecule has 1 unspecified atom stereocenters. The Hall–Kier alpha value is -2.41. The zero-order valence-electron chi connectivity index (χ0n) is 18.2. The third kappa shape index (κ3) is 3.71. The van der Waals surface area contributed by atoms with Gasteiger partial charge in [-0.15, -0.1) is 0 Å². The number of hydrogen-bond donors (Lipinski definition) is 1. The van der Waals surface area contributed by atoms with Crippen molar-refractivity contribution in [1.82, 2.24) is 19.8 Å². The molecule has 1 saturated carbocycles. The van der Waals surface area contributed by atoms with Gasteiger partial charge in [0.2, 0.25) is 5.91 Å². The van der Waals surface area contributed by atoms with Crippen LogP contribution in [0.2, 0.25) is 0 Å². The fourth-order valence-electron chi connectivity index (χ4n) is 4.79. The molecule has 30 heavy (non-hydrogen) atoms. The maximum atomic E-state index is 13.6. The Morgan fingerprint density at radius 1 is 1.27 bits per heavy atom. The number of amides is 2. The average Bonchev–Trinajstić information content (AvgIpc) is 3.11. The Morgan fingerprint density at radius 2 is 2.00 bits per heavy atom. The number of benzene rings is 1. The largest absolute Gasteiger partial charge is 0.385 e. The number of carbonyl (C=O) groups excluding carboxylic acids is 2. The van der Waals surface area contributed by atoms with Gasteiger partial charge >= 0.3 is 0 Å². The van der Waals surface area contributed by atoms with Gasteiger partial charge in [-0.3, -0.25) is 9.59 Å². The fraction of sp³-hybridized carbons (Fsp3) is 0.609. The number of imidazole rings is 1. The van der Waals surface area contributed by atoms with E-state index in [1.165, 1.54) is 0 Å². The van der Waals surface area contributed by atoms with Crippen LogP contribution in [0.1, 0.15) is 56.6 Å². The zero-order valence-corrected chi connectivity index (χ0v) is 18.2. The van der Waals surface area contributed by atoms with Crippen molar-refractivity contribution in [3.05, 3.63) is 30.1 Å². The first-order valence-electron chi connectivity index (χ1n) is 11.0. The molecular weight excluding hydrogens is 380 g/mol. The number of carbonyl (C=O) groups is 2. The number of aromatic nitrogens is 2. The molecule has 2 aliphatic rings. The van der Waals surface area contributed by atoms with E-state index in [4.69, 9.17) is 4.74 Å². The number of ether oxygens (including phenoxy) is 1. The third-order valence-corrected chi connectivity index (χ3v) is 6.72. The van der Waals surface area contributed by atoms with Crippen LogP contribution in [0.5, 0.6) is 0 Å². The highest BCUT2D eigenvalue weighted by atomic mass is 16.5. The molecule has 7 nitrogen and oxygen atoms in total. The molecular formula is C23H32N4O3. The highest BCUT2D eigenvalue weighted by Crippen LogP contribution is 2.31. The van der Waals surface area contributed by atoms with Gasteiger partial charge in [0, 0.05) is 26.3 Å². The summed E-state index contributed by atoms with van der Waals surface area (Å²) < 4.78 is 7.10. The van der Waals surface area contributed by atoms with Gasteiger partial charge < -0.3 is 19.5 Å². The first-order valence-corrected chi connectivity index (χ1v) is 11.0. The summed E-state index contributed by atoms with van der Waals surface area (Å²) in [6.07, 6.45) is 4.94. The Morgan fingerprint density at radius 3 is 2.73 bits per heavy atom. The summed E-state index contributed by atoms with van der Waals surface area (Å²) in [6.45, 7) is 5.55. The molecule has 1 aromatic heterocycles. The van der Waals surface area contributed by atoms with Gasteiger partial charge in [0.1, 0.15) is 5.54 Å². The Labute approximate surface area is 177 Å². The monoisotopic (exact) mass is 412 g/mol. The van der Waals surface area contributed by atoms with Crippen molar-refractivity contribution in [2.45, 2.75) is 64.1 Å². The SMILES string of the molecule is COCCCN1C(=O)c2nc3ccccc3n2CC1(C)C(=O)NC1CCC(C)CC1. The van der Waals surface area contributed by atoms with Crippen molar-refractivity contribution in [2.75, 3.05) is 20.3 Å². The molecule has 1 aliphatic heterocycles. The molecule has 4 rings (SSSR count). The van der Waals surface area contributed by atoms with Gasteiger partial charge in [0.05, 0.1) is 17.6 Å². The molecule has 162 valence electrons. The first-order chi connectivity index (χ1) is 14.4. The second-order valence-corrected chi connectivity index (χ2v) is 9.02. The standard InChI is InChI=1S/C23H32N4O3/c1-16-9-11-17(12-10-16)24-22(29)23(2)15-26-19-8-5-4-7-18(19)25-20(26)21(28)27(23)13-6-14-30-3/h4-5,7-8,16-17H,6,9-15H2,1-3H3,(H,24,29). The number of hydrogen-bond acceptors (Lipinski definition) is 4. The van der Waals surface area contributed by atoms with Crippen LogP contribution >= 0.6 is 0 Å². The van der Waals surface area contributed by atoms with Gasteiger partial charge in [0.25, 0.3) is 5.91 Å². The zero-order chi connectivity index (χ0) is 21.3. The lowest BCUT2D eigenvalue weighted by molar-refractivity contribution is -0.134. The molecule has 1 aliphatic carbocycles. The summed E-state index contributed by atoms with van der Waals surface area (Å²) in [4.78, 5) is 33.3. The summed E-state index contributed by atoms with van der Waals surface area (Å²) in [5.74, 6) is 0.862. The van der Waals surface area contributed by atoms with Crippen molar-refractivity contribution in [3.8, 4) is 0 Å². The van der Waals surface area contributed by atoms with Crippen molar-refractivity contribution < 1.29 is 14.3 Å². The maximum Gasteiger partial charge on any atom is 0.290 e. The highest BCUT2D eigenvalue weighted by molar-refractivity contribution is 6.01. The summed E-state index contributed by atoms with van der Waals surface area (Å²) >= 11 is 0. The predicted molar refractivity (Wildman–Crippen MR) is 115 cm³/mol. The summed E-state index contributed by atoms with van der Waals surface area (Å²) in [6, 6.07) is 7.90. The van der Waals surface area contributed by atoms with Crippen LogP contribution in [0.4, 0.5) is 0 Å². The minimum atomic E-state index is -0.968. The van der Waals surface area contributed by atoms with Gasteiger partial charge in [0.15, 0.2) is 5.82 Å². The topological polar surface area (TPSA) is 76.5 Å². The number of methoxy groups -OCH3 is 1. The Bertz CT molecular complexity index is 932. The van der Waals surface area contributed by atoms with E-state index in [0.29, 0.717) is 31.9 Å². The van der Waals surface area contributed by atoms with Crippen molar-refractivity contribution in [2.24, 2.45) is 5.92 Å². The number of nitrogens with zero attached hydrogens (tertiary/aromatic N) is 3. The molecule has 0 spiro atoms. The molecule has 0 bridgehead atoms. The van der Waals surface area contributed by atoms with Gasteiger partial charge in [-0.1, -0.05) is 19.1 Å². The minimum Gasteiger partial charge on any atom is -0.385 e. The first kappa shape index (κ1) is 20.8. The second-order valence-electron chi connectivity index (χ2n) is 9.02. The van der Waals surface area contributed by atoms with Crippen molar-refractivity contribution in [3.63, 3.8) is 0 Å². The van der Waals surface area contributed by atoms with E-state index in [1.807, 2.05) is 35.8 Å². The Kier molecular flexibility index (Phi) is 5.82. The normalized spacial score (nSPS) is 26.6. The highest BCUT2D eigenvalue weighted by Gasteiger charge is 2.48. The number of rotatable bonds is 6. The van der Waals surface area contributed by atoms with Crippen molar-refractivity contribution in [1.29, 1.82) is 0 Å². The molecule has 7 heteroatoms. The molecule has 1 atom stereocenters. The number of nitrogens with one attached hydrogen (secondary N) is 1. The van der Waals surface area contributed by atoms with Crippen LogP contribution in [0.15, 0.2) is 24.3 Å². The molecule has 1 N–H and O–H groups in total. The van der Waals surface area contributed by atoms with E-state index in [-0.39, 0.29) is 17.9 Å². The van der Waals surface area contributed by atoms with E-state index in [2.05, 4.69) is 17.2 Å². The molecule has 1 aromatic carbocycles. The second kappa shape index (κ2) is 8.38.